The van der Waals surface area contributed by atoms with Crippen molar-refractivity contribution in [3.8, 4) is 5.75 Å². The Kier molecular flexibility index (Phi) is 13.9. The van der Waals surface area contributed by atoms with Crippen LogP contribution in [0, 0.1) is 11.7 Å². The van der Waals surface area contributed by atoms with E-state index in [-0.39, 0.29) is 47.3 Å². The maximum atomic E-state index is 14.2. The highest BCUT2D eigenvalue weighted by Crippen LogP contribution is 2.37. The Morgan fingerprint density at radius 3 is 2.31 bits per heavy atom. The molecule has 0 spiro atoms. The summed E-state index contributed by atoms with van der Waals surface area (Å²) >= 11 is 32.2. The largest absolute Gasteiger partial charge is 0.505 e. The number of allylic oxidation sites excluding steroid dienone is 4. The molecule has 0 saturated heterocycles. The van der Waals surface area contributed by atoms with Crippen molar-refractivity contribution in [3.63, 3.8) is 0 Å². The number of hydrogen-bond acceptors (Lipinski definition) is 5. The molecule has 0 aromatic heterocycles. The molecule has 52 heavy (non-hydrogen) atoms. The van der Waals surface area contributed by atoms with Crippen LogP contribution in [0.5, 0.6) is 5.75 Å². The highest BCUT2D eigenvalue weighted by molar-refractivity contribution is 7.89. The number of phenolic OH excluding ortho intramolecular Hbond substituents is 1. The minimum Gasteiger partial charge on any atom is -0.505 e. The third-order valence-electron chi connectivity index (χ3n) is 8.86. The standard InChI is InChI=1S/C38H37Cl5F2N2O4S/c1-23-33(41)15-27(16-34(23)42)21-46(20-25-5-9-32(45)10-6-25)38(51-2)28-13-26(14-29(39)17-28)22-47(12-11-24-3-7-31(44)8-4-24)52(49,50)36-19-30(40)18-35(43)37(36)48/h3-9,13-19,23,32-33,38,48H,10-12,20-22H2,1-2H3. The zero-order valence-electron chi connectivity index (χ0n) is 28.3. The lowest BCUT2D eigenvalue weighted by molar-refractivity contribution is -0.0245. The number of nitrogens with zero attached hydrogens (tertiary/aromatic N) is 2. The lowest BCUT2D eigenvalue weighted by Crippen LogP contribution is -2.35. The van der Waals surface area contributed by atoms with Crippen LogP contribution >= 0.6 is 58.0 Å². The van der Waals surface area contributed by atoms with E-state index >= 15 is 0 Å². The van der Waals surface area contributed by atoms with Crippen molar-refractivity contribution in [2.24, 2.45) is 5.92 Å². The summed E-state index contributed by atoms with van der Waals surface area (Å²) in [5.74, 6) is -1.10. The number of aromatic hydroxyl groups is 1. The molecule has 0 bridgehead atoms. The molecule has 0 fully saturated rings. The van der Waals surface area contributed by atoms with Gasteiger partial charge < -0.3 is 9.84 Å². The Morgan fingerprint density at radius 1 is 0.962 bits per heavy atom. The lowest BCUT2D eigenvalue weighted by atomic mass is 9.96. The predicted octanol–water partition coefficient (Wildman–Crippen LogP) is 10.4. The number of hydrogen-bond donors (Lipinski definition) is 1. The lowest BCUT2D eigenvalue weighted by Gasteiger charge is -2.34. The first-order valence-electron chi connectivity index (χ1n) is 16.4. The van der Waals surface area contributed by atoms with Crippen molar-refractivity contribution in [1.29, 1.82) is 0 Å². The van der Waals surface area contributed by atoms with Crippen LogP contribution in [0.1, 0.15) is 36.3 Å². The van der Waals surface area contributed by atoms with Gasteiger partial charge in [0.2, 0.25) is 10.0 Å². The van der Waals surface area contributed by atoms with E-state index in [1.54, 1.807) is 43.5 Å². The van der Waals surface area contributed by atoms with Gasteiger partial charge in [-0.25, -0.2) is 17.2 Å². The molecule has 6 nitrogen and oxygen atoms in total. The normalized spacial score (nSPS) is 19.8. The topological polar surface area (TPSA) is 70.1 Å². The number of ether oxygens (including phenoxy) is 1. The second-order valence-corrected chi connectivity index (χ2v) is 16.9. The van der Waals surface area contributed by atoms with Crippen LogP contribution in [-0.2, 0) is 27.7 Å². The molecule has 0 aliphatic heterocycles. The van der Waals surface area contributed by atoms with Crippen LogP contribution in [0.4, 0.5) is 8.78 Å². The Morgan fingerprint density at radius 2 is 1.65 bits per heavy atom. The third kappa shape index (κ3) is 10.2. The molecule has 278 valence electrons. The molecule has 1 N–H and O–H groups in total. The van der Waals surface area contributed by atoms with E-state index in [0.29, 0.717) is 39.8 Å². The smallest absolute Gasteiger partial charge is 0.247 e. The molecule has 0 saturated carbocycles. The van der Waals surface area contributed by atoms with Crippen LogP contribution in [0.2, 0.25) is 15.1 Å². The SMILES string of the molecule is COC(c1cc(Cl)cc(CN(CCc2ccc(F)cc2)S(=O)(=O)c2cc(Cl)cc(Cl)c2O)c1)N(CC1=CCC(F)C=C1)CC1=CC(Cl)C(C)C(Cl)=C1. The van der Waals surface area contributed by atoms with Gasteiger partial charge in [0.25, 0.3) is 0 Å². The second kappa shape index (κ2) is 17.8. The minimum absolute atomic E-state index is 0.0250. The quantitative estimate of drug-likeness (QED) is 0.129. The van der Waals surface area contributed by atoms with Crippen LogP contribution < -0.4 is 0 Å². The van der Waals surface area contributed by atoms with Crippen LogP contribution in [-0.4, -0.2) is 61.0 Å². The zero-order chi connectivity index (χ0) is 37.7. The number of benzene rings is 3. The van der Waals surface area contributed by atoms with Crippen molar-refractivity contribution in [2.45, 2.75) is 49.0 Å². The van der Waals surface area contributed by atoms with Crippen molar-refractivity contribution in [1.82, 2.24) is 9.21 Å². The summed E-state index contributed by atoms with van der Waals surface area (Å²) in [6.07, 6.45) is 7.68. The van der Waals surface area contributed by atoms with E-state index in [4.69, 9.17) is 62.7 Å². The fraction of sp³-hybridized carbons (Fsp3) is 0.316. The monoisotopic (exact) mass is 830 g/mol. The van der Waals surface area contributed by atoms with Gasteiger partial charge in [0.1, 0.15) is 23.1 Å². The average Bonchev–Trinajstić information content (AvgIpc) is 3.08. The van der Waals surface area contributed by atoms with Gasteiger partial charge in [-0.05, 0) is 76.7 Å². The molecule has 2 aliphatic rings. The summed E-state index contributed by atoms with van der Waals surface area (Å²) in [4.78, 5) is 1.57. The fourth-order valence-corrected chi connectivity index (χ4v) is 9.16. The molecule has 14 heteroatoms. The number of rotatable bonds is 14. The number of alkyl halides is 2. The molecule has 5 rings (SSSR count). The van der Waals surface area contributed by atoms with Gasteiger partial charge in [-0.2, -0.15) is 4.31 Å². The molecular weight excluding hydrogens is 796 g/mol. The van der Waals surface area contributed by atoms with Gasteiger partial charge in [-0.3, -0.25) is 4.90 Å². The highest BCUT2D eigenvalue weighted by atomic mass is 35.5. The van der Waals surface area contributed by atoms with Gasteiger partial charge in [0.05, 0.1) is 10.4 Å². The van der Waals surface area contributed by atoms with E-state index in [2.05, 4.69) is 0 Å². The molecule has 3 aromatic rings. The van der Waals surface area contributed by atoms with Gasteiger partial charge in [-0.1, -0.05) is 95.8 Å². The number of methoxy groups -OCH3 is 1. The molecule has 4 atom stereocenters. The van der Waals surface area contributed by atoms with Crippen LogP contribution in [0.25, 0.3) is 0 Å². The third-order valence-corrected chi connectivity index (χ3v) is 12.4. The van der Waals surface area contributed by atoms with Crippen molar-refractivity contribution < 1.29 is 27.0 Å². The molecule has 2 aliphatic carbocycles. The number of halogens is 7. The summed E-state index contributed by atoms with van der Waals surface area (Å²) < 4.78 is 63.3. The van der Waals surface area contributed by atoms with Crippen LogP contribution in [0.15, 0.2) is 106 Å². The van der Waals surface area contributed by atoms with Gasteiger partial charge >= 0.3 is 0 Å². The molecule has 0 heterocycles. The minimum atomic E-state index is -4.41. The maximum Gasteiger partial charge on any atom is 0.247 e. The molecule has 4 unspecified atom stereocenters. The molecule has 0 radical (unpaired) electrons. The Bertz CT molecular complexity index is 2010. The summed E-state index contributed by atoms with van der Waals surface area (Å²) in [7, 11) is -2.86. The number of sulfonamides is 1. The van der Waals surface area contributed by atoms with Crippen molar-refractivity contribution in [2.75, 3.05) is 26.7 Å². The highest BCUT2D eigenvalue weighted by Gasteiger charge is 2.31. The Hall–Kier alpha value is -2.44. The Balaban J connectivity index is 1.51. The maximum absolute atomic E-state index is 14.2. The average molecular weight is 833 g/mol. The van der Waals surface area contributed by atoms with Crippen LogP contribution in [0.3, 0.4) is 0 Å². The summed E-state index contributed by atoms with van der Waals surface area (Å²) in [5, 5.41) is 11.2. The van der Waals surface area contributed by atoms with Gasteiger partial charge in [0.15, 0.2) is 5.75 Å². The van der Waals surface area contributed by atoms with E-state index in [0.717, 1.165) is 17.2 Å². The first kappa shape index (κ1) is 40.7. The van der Waals surface area contributed by atoms with Gasteiger partial charge in [0, 0.05) is 60.7 Å². The number of phenols is 1. The first-order valence-corrected chi connectivity index (χ1v) is 19.8. The summed E-state index contributed by atoms with van der Waals surface area (Å²) in [6, 6.07) is 13.3. The summed E-state index contributed by atoms with van der Waals surface area (Å²) in [5.41, 5.74) is 3.60. The first-order chi connectivity index (χ1) is 24.6. The molecule has 0 amide bonds. The van der Waals surface area contributed by atoms with E-state index in [9.17, 15) is 22.3 Å². The van der Waals surface area contributed by atoms with Gasteiger partial charge in [-0.15, -0.1) is 11.6 Å². The molecular formula is C38H37Cl5F2N2O4S. The predicted molar refractivity (Wildman–Crippen MR) is 206 cm³/mol. The zero-order valence-corrected chi connectivity index (χ0v) is 32.9. The fourth-order valence-electron chi connectivity index (χ4n) is 6.08. The van der Waals surface area contributed by atoms with Crippen molar-refractivity contribution in [3.05, 3.63) is 139 Å². The van der Waals surface area contributed by atoms with E-state index < -0.39 is 38.9 Å². The molecule has 3 aromatic carbocycles. The van der Waals surface area contributed by atoms with Crippen molar-refractivity contribution >= 4 is 68.0 Å². The second-order valence-electron chi connectivity index (χ2n) is 12.7. The van der Waals surface area contributed by atoms with E-state index in [1.165, 1.54) is 28.6 Å². The van der Waals surface area contributed by atoms with E-state index in [1.807, 2.05) is 30.1 Å². The Labute approximate surface area is 328 Å². The summed E-state index contributed by atoms with van der Waals surface area (Å²) in [6.45, 7) is 2.47.